The Kier molecular flexibility index (Phi) is 4.50. The van der Waals surface area contributed by atoms with Crippen LogP contribution in [-0.2, 0) is 0 Å². The van der Waals surface area contributed by atoms with Gasteiger partial charge in [-0.05, 0) is 18.4 Å². The van der Waals surface area contributed by atoms with E-state index in [1.54, 1.807) is 0 Å². The highest BCUT2D eigenvalue weighted by Crippen LogP contribution is 2.20. The molecular formula is C12H20N4S. The summed E-state index contributed by atoms with van der Waals surface area (Å²) >= 11 is 1.91. The van der Waals surface area contributed by atoms with E-state index < -0.39 is 0 Å². The molecule has 1 fully saturated rings. The van der Waals surface area contributed by atoms with E-state index in [-0.39, 0.29) is 0 Å². The molecule has 1 aromatic heterocycles. The van der Waals surface area contributed by atoms with Crippen LogP contribution in [0.1, 0.15) is 0 Å². The number of nitrogen functional groups attached to an aromatic ring is 1. The van der Waals surface area contributed by atoms with Crippen LogP contribution in [0.3, 0.4) is 0 Å². The maximum Gasteiger partial charge on any atom is 0.151 e. The molecule has 2 N–H and O–H groups in total. The minimum Gasteiger partial charge on any atom is -0.396 e. The fraction of sp³-hybridized carbons (Fsp3) is 0.583. The molecule has 1 aliphatic rings. The molecule has 1 aromatic rings. The molecule has 0 amide bonds. The Morgan fingerprint density at radius 1 is 1.35 bits per heavy atom. The van der Waals surface area contributed by atoms with Crippen LogP contribution in [0, 0.1) is 0 Å². The lowest BCUT2D eigenvalue weighted by atomic mass is 10.3. The van der Waals surface area contributed by atoms with Crippen LogP contribution in [0.2, 0.25) is 0 Å². The number of nitrogens with two attached hydrogens (primary N) is 1. The maximum absolute atomic E-state index is 5.95. The molecule has 1 saturated heterocycles. The third-order valence-corrected chi connectivity index (χ3v) is 3.69. The number of pyridine rings is 1. The van der Waals surface area contributed by atoms with E-state index in [9.17, 15) is 0 Å². The molecule has 1 aliphatic heterocycles. The molecule has 4 nitrogen and oxygen atoms in total. The van der Waals surface area contributed by atoms with Gasteiger partial charge in [0.15, 0.2) is 5.82 Å². The fourth-order valence-electron chi connectivity index (χ4n) is 2.08. The zero-order valence-electron chi connectivity index (χ0n) is 10.3. The summed E-state index contributed by atoms with van der Waals surface area (Å²) in [6.45, 7) is 5.45. The van der Waals surface area contributed by atoms with Crippen molar-refractivity contribution < 1.29 is 0 Å². The van der Waals surface area contributed by atoms with Gasteiger partial charge in [0.2, 0.25) is 0 Å². The number of anilines is 2. The highest BCUT2D eigenvalue weighted by molar-refractivity contribution is 7.98. The Morgan fingerprint density at radius 3 is 2.76 bits per heavy atom. The Balaban J connectivity index is 1.89. The summed E-state index contributed by atoms with van der Waals surface area (Å²) in [7, 11) is 0. The fourth-order valence-corrected chi connectivity index (χ4v) is 2.52. The molecule has 0 saturated carbocycles. The van der Waals surface area contributed by atoms with E-state index in [0.29, 0.717) is 0 Å². The molecule has 0 spiro atoms. The largest absolute Gasteiger partial charge is 0.396 e. The number of hydrogen-bond donors (Lipinski definition) is 1. The molecule has 0 radical (unpaired) electrons. The predicted octanol–water partition coefficient (Wildman–Crippen LogP) is 1.15. The second-order valence-electron chi connectivity index (χ2n) is 4.24. The van der Waals surface area contributed by atoms with Crippen molar-refractivity contribution in [3.8, 4) is 0 Å². The first-order valence-electron chi connectivity index (χ1n) is 5.98. The highest BCUT2D eigenvalue weighted by atomic mass is 32.2. The van der Waals surface area contributed by atoms with Gasteiger partial charge >= 0.3 is 0 Å². The lowest BCUT2D eigenvalue weighted by Crippen LogP contribution is -2.47. The maximum atomic E-state index is 5.95. The lowest BCUT2D eigenvalue weighted by Gasteiger charge is -2.35. The smallest absolute Gasteiger partial charge is 0.151 e. The molecule has 0 atom stereocenters. The van der Waals surface area contributed by atoms with Gasteiger partial charge in [-0.15, -0.1) is 0 Å². The van der Waals surface area contributed by atoms with Gasteiger partial charge in [-0.1, -0.05) is 0 Å². The van der Waals surface area contributed by atoms with Crippen molar-refractivity contribution in [3.05, 3.63) is 18.3 Å². The monoisotopic (exact) mass is 252 g/mol. The molecule has 0 bridgehead atoms. The van der Waals surface area contributed by atoms with Crippen molar-refractivity contribution >= 4 is 23.3 Å². The van der Waals surface area contributed by atoms with Crippen LogP contribution in [-0.4, -0.2) is 54.6 Å². The molecule has 17 heavy (non-hydrogen) atoms. The summed E-state index contributed by atoms with van der Waals surface area (Å²) in [6, 6.07) is 3.80. The summed E-state index contributed by atoms with van der Waals surface area (Å²) in [4.78, 5) is 9.16. The van der Waals surface area contributed by atoms with Crippen molar-refractivity contribution in [2.24, 2.45) is 0 Å². The standard InChI is InChI=1S/C12H20N4S/c1-17-10-9-15-5-7-16(8-6-15)12-11(13)3-2-4-14-12/h2-4H,5-10,13H2,1H3. The second-order valence-corrected chi connectivity index (χ2v) is 5.22. The van der Waals surface area contributed by atoms with Crippen molar-refractivity contribution in [2.75, 3.05) is 55.4 Å². The van der Waals surface area contributed by atoms with E-state index in [4.69, 9.17) is 5.73 Å². The Hall–Kier alpha value is -0.940. The third kappa shape index (κ3) is 3.26. The van der Waals surface area contributed by atoms with E-state index >= 15 is 0 Å². The molecule has 2 heterocycles. The van der Waals surface area contributed by atoms with Gasteiger partial charge in [0.25, 0.3) is 0 Å². The van der Waals surface area contributed by atoms with Gasteiger partial charge < -0.3 is 10.6 Å². The van der Waals surface area contributed by atoms with Gasteiger partial charge in [0.05, 0.1) is 5.69 Å². The van der Waals surface area contributed by atoms with Crippen molar-refractivity contribution in [1.29, 1.82) is 0 Å². The van der Waals surface area contributed by atoms with E-state index in [2.05, 4.69) is 21.0 Å². The van der Waals surface area contributed by atoms with Gasteiger partial charge in [-0.3, -0.25) is 4.90 Å². The summed E-state index contributed by atoms with van der Waals surface area (Å²) in [5.74, 6) is 2.16. The molecule has 2 rings (SSSR count). The summed E-state index contributed by atoms with van der Waals surface area (Å²) in [5.41, 5.74) is 6.73. The van der Waals surface area contributed by atoms with Crippen LogP contribution >= 0.6 is 11.8 Å². The summed E-state index contributed by atoms with van der Waals surface area (Å²) in [6.07, 6.45) is 3.97. The lowest BCUT2D eigenvalue weighted by molar-refractivity contribution is 0.273. The molecular weight excluding hydrogens is 232 g/mol. The van der Waals surface area contributed by atoms with Crippen LogP contribution in [0.5, 0.6) is 0 Å². The first-order valence-corrected chi connectivity index (χ1v) is 7.37. The van der Waals surface area contributed by atoms with Gasteiger partial charge in [-0.25, -0.2) is 4.98 Å². The topological polar surface area (TPSA) is 45.4 Å². The average molecular weight is 252 g/mol. The minimum atomic E-state index is 0.782. The third-order valence-electron chi connectivity index (χ3n) is 3.10. The number of rotatable bonds is 4. The van der Waals surface area contributed by atoms with Crippen LogP contribution < -0.4 is 10.6 Å². The van der Waals surface area contributed by atoms with Crippen molar-refractivity contribution in [2.45, 2.75) is 0 Å². The zero-order valence-corrected chi connectivity index (χ0v) is 11.1. The first kappa shape index (κ1) is 12.5. The molecule has 0 unspecified atom stereocenters. The average Bonchev–Trinajstić information content (AvgIpc) is 2.38. The van der Waals surface area contributed by atoms with Gasteiger partial charge in [-0.2, -0.15) is 11.8 Å². The summed E-state index contributed by atoms with van der Waals surface area (Å²) in [5, 5.41) is 0. The quantitative estimate of drug-likeness (QED) is 0.871. The van der Waals surface area contributed by atoms with E-state index in [0.717, 1.165) is 37.7 Å². The second kappa shape index (κ2) is 6.12. The molecule has 0 aromatic carbocycles. The van der Waals surface area contributed by atoms with Crippen LogP contribution in [0.25, 0.3) is 0 Å². The van der Waals surface area contributed by atoms with Gasteiger partial charge in [0.1, 0.15) is 0 Å². The zero-order chi connectivity index (χ0) is 12.1. The van der Waals surface area contributed by atoms with Crippen LogP contribution in [0.15, 0.2) is 18.3 Å². The van der Waals surface area contributed by atoms with Crippen LogP contribution in [0.4, 0.5) is 11.5 Å². The van der Waals surface area contributed by atoms with Gasteiger partial charge in [0, 0.05) is 44.7 Å². The Bertz CT molecular complexity index is 350. The van der Waals surface area contributed by atoms with Crippen molar-refractivity contribution in [1.82, 2.24) is 9.88 Å². The number of aromatic nitrogens is 1. The highest BCUT2D eigenvalue weighted by Gasteiger charge is 2.18. The Morgan fingerprint density at radius 2 is 2.12 bits per heavy atom. The van der Waals surface area contributed by atoms with E-state index in [1.165, 1.54) is 12.3 Å². The molecule has 5 heteroatoms. The number of nitrogens with zero attached hydrogens (tertiary/aromatic N) is 3. The predicted molar refractivity (Wildman–Crippen MR) is 75.7 cm³/mol. The number of piperazine rings is 1. The normalized spacial score (nSPS) is 17.4. The summed E-state index contributed by atoms with van der Waals surface area (Å²) < 4.78 is 0. The number of hydrogen-bond acceptors (Lipinski definition) is 5. The molecule has 94 valence electrons. The minimum absolute atomic E-state index is 0.782. The Labute approximate surface area is 107 Å². The van der Waals surface area contributed by atoms with Crippen molar-refractivity contribution in [3.63, 3.8) is 0 Å². The first-order chi connectivity index (χ1) is 8.31. The molecule has 0 aliphatic carbocycles. The van der Waals surface area contributed by atoms with E-state index in [1.807, 2.05) is 30.1 Å². The SMILES string of the molecule is CSCCN1CCN(c2ncccc2N)CC1. The number of thioether (sulfide) groups is 1.